The summed E-state index contributed by atoms with van der Waals surface area (Å²) in [6, 6.07) is 7.00. The van der Waals surface area contributed by atoms with Crippen LogP contribution in [-0.2, 0) is 0 Å². The molecule has 1 aromatic carbocycles. The fourth-order valence-corrected chi connectivity index (χ4v) is 2.56. The summed E-state index contributed by atoms with van der Waals surface area (Å²) in [5.74, 6) is 1.05. The lowest BCUT2D eigenvalue weighted by Crippen LogP contribution is -1.97. The monoisotopic (exact) mass is 258 g/mol. The first-order chi connectivity index (χ1) is 8.74. The molecule has 5 nitrogen and oxygen atoms in total. The van der Waals surface area contributed by atoms with Crippen LogP contribution in [0.1, 0.15) is 4.88 Å². The molecule has 0 aliphatic rings. The van der Waals surface area contributed by atoms with Crippen molar-refractivity contribution in [1.29, 1.82) is 0 Å². The maximum atomic E-state index is 9.27. The fraction of sp³-hybridized carbons (Fsp3) is 0.0833. The smallest absolute Gasteiger partial charge is 0.169 e. The number of phenolic OH excluding ortho intramolecular Hbond substituents is 1. The average molecular weight is 258 g/mol. The largest absolute Gasteiger partial charge is 0.508 e. The van der Waals surface area contributed by atoms with Crippen molar-refractivity contribution in [2.75, 3.05) is 0 Å². The van der Waals surface area contributed by atoms with Gasteiger partial charge >= 0.3 is 0 Å². The number of thiazole rings is 1. The molecule has 0 radical (unpaired) electrons. The van der Waals surface area contributed by atoms with Gasteiger partial charge in [0.2, 0.25) is 0 Å². The molecule has 18 heavy (non-hydrogen) atoms. The van der Waals surface area contributed by atoms with Crippen molar-refractivity contribution in [2.24, 2.45) is 0 Å². The Morgan fingerprint density at radius 1 is 1.22 bits per heavy atom. The maximum Gasteiger partial charge on any atom is 0.169 e. The third-order valence-electron chi connectivity index (χ3n) is 2.53. The van der Waals surface area contributed by atoms with E-state index >= 15 is 0 Å². The van der Waals surface area contributed by atoms with Gasteiger partial charge in [0.05, 0.1) is 12.4 Å². The molecule has 3 aromatic rings. The van der Waals surface area contributed by atoms with Crippen molar-refractivity contribution < 1.29 is 5.11 Å². The van der Waals surface area contributed by atoms with Gasteiger partial charge in [0.15, 0.2) is 5.82 Å². The third kappa shape index (κ3) is 1.86. The Bertz CT molecular complexity index is 658. The van der Waals surface area contributed by atoms with Crippen LogP contribution in [-0.4, -0.2) is 25.1 Å². The number of aromatic hydroxyl groups is 1. The Balaban J connectivity index is 2.05. The lowest BCUT2D eigenvalue weighted by Gasteiger charge is -1.96. The summed E-state index contributed by atoms with van der Waals surface area (Å²) >= 11 is 1.59. The van der Waals surface area contributed by atoms with E-state index in [1.165, 1.54) is 0 Å². The third-order valence-corrected chi connectivity index (χ3v) is 3.54. The highest BCUT2D eigenvalue weighted by Crippen LogP contribution is 2.29. The molecule has 0 saturated carbocycles. The van der Waals surface area contributed by atoms with Gasteiger partial charge in [-0.05, 0) is 31.2 Å². The van der Waals surface area contributed by atoms with E-state index in [0.29, 0.717) is 0 Å². The molecule has 0 bridgehead atoms. The highest BCUT2D eigenvalue weighted by Gasteiger charge is 2.11. The van der Waals surface area contributed by atoms with Crippen molar-refractivity contribution in [3.8, 4) is 22.1 Å². The summed E-state index contributed by atoms with van der Waals surface area (Å²) in [5.41, 5.74) is 0.979. The average Bonchev–Trinajstić information content (AvgIpc) is 2.99. The second-order valence-corrected chi connectivity index (χ2v) is 5.00. The molecule has 6 heteroatoms. The first kappa shape index (κ1) is 10.9. The highest BCUT2D eigenvalue weighted by molar-refractivity contribution is 7.15. The van der Waals surface area contributed by atoms with Crippen molar-refractivity contribution in [2.45, 2.75) is 6.92 Å². The molecule has 0 saturated heterocycles. The van der Waals surface area contributed by atoms with Crippen molar-refractivity contribution >= 4 is 11.3 Å². The van der Waals surface area contributed by atoms with Gasteiger partial charge in [-0.1, -0.05) is 5.21 Å². The van der Waals surface area contributed by atoms with Crippen LogP contribution in [0.15, 0.2) is 36.7 Å². The van der Waals surface area contributed by atoms with Crippen LogP contribution in [0.4, 0.5) is 0 Å². The second kappa shape index (κ2) is 4.23. The Labute approximate surface area is 107 Å². The van der Waals surface area contributed by atoms with Crippen LogP contribution in [0, 0.1) is 6.92 Å². The minimum atomic E-state index is 0.253. The first-order valence-corrected chi connectivity index (χ1v) is 6.19. The summed E-state index contributed by atoms with van der Waals surface area (Å²) in [5, 5.41) is 17.9. The Hall–Kier alpha value is -2.21. The summed E-state index contributed by atoms with van der Waals surface area (Å²) in [6.45, 7) is 2.00. The van der Waals surface area contributed by atoms with E-state index in [1.54, 1.807) is 40.5 Å². The van der Waals surface area contributed by atoms with Gasteiger partial charge in [-0.2, -0.15) is 0 Å². The van der Waals surface area contributed by atoms with E-state index in [4.69, 9.17) is 0 Å². The molecule has 1 N–H and O–H groups in total. The molecule has 2 heterocycles. The number of aromatic nitrogens is 4. The molecular weight excluding hydrogens is 248 g/mol. The SMILES string of the molecule is Cc1sc(-c2ccc(O)cc2)nc1-n1ccnn1. The fourth-order valence-electron chi connectivity index (χ4n) is 1.65. The van der Waals surface area contributed by atoms with Gasteiger partial charge in [-0.3, -0.25) is 0 Å². The number of phenols is 1. The number of nitrogens with zero attached hydrogens (tertiary/aromatic N) is 4. The summed E-state index contributed by atoms with van der Waals surface area (Å²) in [4.78, 5) is 5.62. The molecular formula is C12H10N4OS. The van der Waals surface area contributed by atoms with Crippen molar-refractivity contribution in [1.82, 2.24) is 20.0 Å². The van der Waals surface area contributed by atoms with Crippen LogP contribution < -0.4 is 0 Å². The molecule has 2 aromatic heterocycles. The van der Waals surface area contributed by atoms with E-state index in [9.17, 15) is 5.11 Å². The van der Waals surface area contributed by atoms with Crippen molar-refractivity contribution in [3.63, 3.8) is 0 Å². The molecule has 90 valence electrons. The van der Waals surface area contributed by atoms with Crippen LogP contribution in [0.25, 0.3) is 16.4 Å². The zero-order valence-electron chi connectivity index (χ0n) is 9.61. The molecule has 0 fully saturated rings. The number of rotatable bonds is 2. The van der Waals surface area contributed by atoms with Crippen LogP contribution in [0.5, 0.6) is 5.75 Å². The summed E-state index contributed by atoms with van der Waals surface area (Å²) < 4.78 is 1.65. The molecule has 0 amide bonds. The van der Waals surface area contributed by atoms with Crippen LogP contribution in [0.2, 0.25) is 0 Å². The maximum absolute atomic E-state index is 9.27. The van der Waals surface area contributed by atoms with E-state index in [1.807, 2.05) is 19.1 Å². The number of hydrogen-bond donors (Lipinski definition) is 1. The van der Waals surface area contributed by atoms with Gasteiger partial charge in [-0.25, -0.2) is 9.67 Å². The quantitative estimate of drug-likeness (QED) is 0.766. The standard InChI is InChI=1S/C12H10N4OS/c1-8-11(16-7-6-13-15-16)14-12(18-8)9-2-4-10(17)5-3-9/h2-7,17H,1H3. The van der Waals surface area contributed by atoms with E-state index in [0.717, 1.165) is 21.3 Å². The first-order valence-electron chi connectivity index (χ1n) is 5.37. The zero-order chi connectivity index (χ0) is 12.5. The predicted octanol–water partition coefficient (Wildman–Crippen LogP) is 2.40. The minimum Gasteiger partial charge on any atom is -0.508 e. The van der Waals surface area contributed by atoms with Gasteiger partial charge in [0.1, 0.15) is 10.8 Å². The van der Waals surface area contributed by atoms with Crippen LogP contribution >= 0.6 is 11.3 Å². The Morgan fingerprint density at radius 2 is 2.00 bits per heavy atom. The zero-order valence-corrected chi connectivity index (χ0v) is 10.4. The van der Waals surface area contributed by atoms with E-state index in [-0.39, 0.29) is 5.75 Å². The minimum absolute atomic E-state index is 0.253. The lowest BCUT2D eigenvalue weighted by atomic mass is 10.2. The normalized spacial score (nSPS) is 10.7. The molecule has 3 rings (SSSR count). The Morgan fingerprint density at radius 3 is 2.67 bits per heavy atom. The molecule has 0 aliphatic carbocycles. The van der Waals surface area contributed by atoms with Crippen LogP contribution in [0.3, 0.4) is 0 Å². The highest BCUT2D eigenvalue weighted by atomic mass is 32.1. The van der Waals surface area contributed by atoms with Gasteiger partial charge in [0, 0.05) is 10.4 Å². The number of hydrogen-bond acceptors (Lipinski definition) is 5. The molecule has 0 spiro atoms. The van der Waals surface area contributed by atoms with E-state index in [2.05, 4.69) is 15.3 Å². The van der Waals surface area contributed by atoms with Crippen molar-refractivity contribution in [3.05, 3.63) is 41.5 Å². The summed E-state index contributed by atoms with van der Waals surface area (Å²) in [7, 11) is 0. The van der Waals surface area contributed by atoms with E-state index < -0.39 is 0 Å². The number of benzene rings is 1. The molecule has 0 unspecified atom stereocenters. The Kier molecular flexibility index (Phi) is 2.56. The topological polar surface area (TPSA) is 63.8 Å². The molecule has 0 atom stereocenters. The lowest BCUT2D eigenvalue weighted by molar-refractivity contribution is 0.475. The predicted molar refractivity (Wildman–Crippen MR) is 68.9 cm³/mol. The molecule has 0 aliphatic heterocycles. The number of aryl methyl sites for hydroxylation is 1. The van der Waals surface area contributed by atoms with Gasteiger partial charge < -0.3 is 5.11 Å². The van der Waals surface area contributed by atoms with Gasteiger partial charge in [0.25, 0.3) is 0 Å². The van der Waals surface area contributed by atoms with Gasteiger partial charge in [-0.15, -0.1) is 16.4 Å². The summed E-state index contributed by atoms with van der Waals surface area (Å²) in [6.07, 6.45) is 3.39. The second-order valence-electron chi connectivity index (χ2n) is 3.79.